The summed E-state index contributed by atoms with van der Waals surface area (Å²) in [4.78, 5) is 24.5. The molecule has 5 nitrogen and oxygen atoms in total. The molecular weight excluding hydrogens is 286 g/mol. The van der Waals surface area contributed by atoms with Crippen LogP contribution in [0.3, 0.4) is 0 Å². The first-order valence-electron chi connectivity index (χ1n) is 5.56. The van der Waals surface area contributed by atoms with E-state index in [4.69, 9.17) is 29.6 Å². The second-order valence-corrected chi connectivity index (χ2v) is 5.10. The van der Waals surface area contributed by atoms with Gasteiger partial charge in [-0.3, -0.25) is 14.5 Å². The lowest BCUT2D eigenvalue weighted by molar-refractivity contribution is -0.136. The van der Waals surface area contributed by atoms with E-state index in [9.17, 15) is 9.59 Å². The molecule has 19 heavy (non-hydrogen) atoms. The second-order valence-electron chi connectivity index (χ2n) is 4.25. The number of halogens is 1. The third kappa shape index (κ3) is 2.69. The minimum absolute atomic E-state index is 0.143. The number of anilines is 1. The number of rotatable bonds is 3. The quantitative estimate of drug-likeness (QED) is 0.646. The number of imide groups is 1. The van der Waals surface area contributed by atoms with Crippen LogP contribution in [0.25, 0.3) is 0 Å². The van der Waals surface area contributed by atoms with E-state index < -0.39 is 6.04 Å². The summed E-state index contributed by atoms with van der Waals surface area (Å²) >= 11 is 10.9. The molecule has 1 heterocycles. The first kappa shape index (κ1) is 13.8. The summed E-state index contributed by atoms with van der Waals surface area (Å²) in [5.74, 6) is -0.451. The zero-order chi connectivity index (χ0) is 14.2. The zero-order valence-electron chi connectivity index (χ0n) is 10.1. The fraction of sp³-hybridized carbons (Fsp3) is 0.250. The summed E-state index contributed by atoms with van der Waals surface area (Å²) < 4.78 is 0. The number of hydrogen-bond acceptors (Lipinski definition) is 4. The van der Waals surface area contributed by atoms with Gasteiger partial charge in [0.1, 0.15) is 11.0 Å². The van der Waals surface area contributed by atoms with Crippen molar-refractivity contribution in [3.63, 3.8) is 0 Å². The van der Waals surface area contributed by atoms with Gasteiger partial charge in [0.2, 0.25) is 5.91 Å². The Morgan fingerprint density at radius 2 is 2.21 bits per heavy atom. The Bertz CT molecular complexity index is 576. The number of nitrogens with one attached hydrogen (secondary N) is 1. The minimum Gasteiger partial charge on any atom is -0.389 e. The number of amides is 2. The van der Waals surface area contributed by atoms with E-state index in [0.29, 0.717) is 16.3 Å². The van der Waals surface area contributed by atoms with Crippen molar-refractivity contribution in [2.45, 2.75) is 12.5 Å². The second kappa shape index (κ2) is 5.14. The summed E-state index contributed by atoms with van der Waals surface area (Å²) in [7, 11) is 1.47. The Morgan fingerprint density at radius 3 is 2.68 bits per heavy atom. The van der Waals surface area contributed by atoms with Crippen molar-refractivity contribution in [2.75, 3.05) is 12.4 Å². The smallest absolute Gasteiger partial charge is 0.251 e. The van der Waals surface area contributed by atoms with E-state index in [-0.39, 0.29) is 23.2 Å². The van der Waals surface area contributed by atoms with E-state index in [1.165, 1.54) is 7.05 Å². The molecule has 0 aliphatic carbocycles. The molecule has 1 aliphatic rings. The van der Waals surface area contributed by atoms with Crippen molar-refractivity contribution in [1.82, 2.24) is 4.90 Å². The van der Waals surface area contributed by atoms with Gasteiger partial charge in [0.05, 0.1) is 11.4 Å². The van der Waals surface area contributed by atoms with Crippen molar-refractivity contribution >= 4 is 46.3 Å². The summed E-state index contributed by atoms with van der Waals surface area (Å²) in [6.45, 7) is 0. The number of thiocarbonyl (C=S) groups is 1. The summed E-state index contributed by atoms with van der Waals surface area (Å²) in [5, 5.41) is 3.38. The van der Waals surface area contributed by atoms with E-state index in [0.717, 1.165) is 4.90 Å². The van der Waals surface area contributed by atoms with Gasteiger partial charge in [0.15, 0.2) is 0 Å². The van der Waals surface area contributed by atoms with Crippen LogP contribution < -0.4 is 11.1 Å². The van der Waals surface area contributed by atoms with Gasteiger partial charge >= 0.3 is 0 Å². The van der Waals surface area contributed by atoms with E-state index >= 15 is 0 Å². The number of nitrogens with zero attached hydrogens (tertiary/aromatic N) is 1. The van der Waals surface area contributed by atoms with E-state index in [2.05, 4.69) is 5.32 Å². The van der Waals surface area contributed by atoms with Gasteiger partial charge in [0.25, 0.3) is 5.91 Å². The van der Waals surface area contributed by atoms with Crippen LogP contribution in [0, 0.1) is 0 Å². The minimum atomic E-state index is -0.552. The van der Waals surface area contributed by atoms with Gasteiger partial charge in [-0.1, -0.05) is 23.8 Å². The molecule has 1 aromatic rings. The SMILES string of the molecule is CN1C(=O)CC(Nc2ccc(C(N)=S)c(Cl)c2)C1=O. The Hall–Kier alpha value is -1.66. The molecular formula is C12H12ClN3O2S. The van der Waals surface area contributed by atoms with Gasteiger partial charge in [-0.05, 0) is 18.2 Å². The highest BCUT2D eigenvalue weighted by Gasteiger charge is 2.35. The predicted octanol–water partition coefficient (Wildman–Crippen LogP) is 1.14. The van der Waals surface area contributed by atoms with Crippen LogP contribution in [0.1, 0.15) is 12.0 Å². The highest BCUT2D eigenvalue weighted by atomic mass is 35.5. The van der Waals surface area contributed by atoms with Crippen LogP contribution in [-0.2, 0) is 9.59 Å². The molecule has 100 valence electrons. The largest absolute Gasteiger partial charge is 0.389 e. The number of benzene rings is 1. The summed E-state index contributed by atoms with van der Waals surface area (Å²) in [6, 6.07) is 4.48. The highest BCUT2D eigenvalue weighted by molar-refractivity contribution is 7.80. The van der Waals surface area contributed by atoms with Crippen molar-refractivity contribution in [3.8, 4) is 0 Å². The maximum Gasteiger partial charge on any atom is 0.251 e. The molecule has 1 aromatic carbocycles. The van der Waals surface area contributed by atoms with Crippen molar-refractivity contribution < 1.29 is 9.59 Å². The third-order valence-electron chi connectivity index (χ3n) is 2.96. The Labute approximate surface area is 120 Å². The molecule has 0 spiro atoms. The number of likely N-dealkylation sites (N-methyl/N-ethyl adjacent to an activating group) is 1. The van der Waals surface area contributed by atoms with Crippen LogP contribution in [-0.4, -0.2) is 34.8 Å². The van der Waals surface area contributed by atoms with Crippen LogP contribution in [0.2, 0.25) is 5.02 Å². The van der Waals surface area contributed by atoms with Crippen molar-refractivity contribution in [1.29, 1.82) is 0 Å². The van der Waals surface area contributed by atoms with Crippen LogP contribution in [0.5, 0.6) is 0 Å². The maximum absolute atomic E-state index is 11.7. The fourth-order valence-corrected chi connectivity index (χ4v) is 2.39. The molecule has 1 saturated heterocycles. The number of nitrogens with two attached hydrogens (primary N) is 1. The van der Waals surface area contributed by atoms with Crippen LogP contribution in [0.4, 0.5) is 5.69 Å². The van der Waals surface area contributed by atoms with E-state index in [1.807, 2.05) is 0 Å². The normalized spacial score (nSPS) is 18.8. The third-order valence-corrected chi connectivity index (χ3v) is 3.49. The lowest BCUT2D eigenvalue weighted by Gasteiger charge is -2.13. The number of hydrogen-bond donors (Lipinski definition) is 2. The number of carbonyl (C=O) groups is 2. The van der Waals surface area contributed by atoms with Crippen molar-refractivity contribution in [3.05, 3.63) is 28.8 Å². The average Bonchev–Trinajstić information content (AvgIpc) is 2.57. The molecule has 0 radical (unpaired) electrons. The monoisotopic (exact) mass is 297 g/mol. The molecule has 2 rings (SSSR count). The van der Waals surface area contributed by atoms with Crippen LogP contribution in [0.15, 0.2) is 18.2 Å². The number of likely N-dealkylation sites (tertiary alicyclic amines) is 1. The molecule has 1 fully saturated rings. The first-order chi connectivity index (χ1) is 8.90. The fourth-order valence-electron chi connectivity index (χ4n) is 1.87. The van der Waals surface area contributed by atoms with Gasteiger partial charge in [-0.25, -0.2) is 0 Å². The van der Waals surface area contributed by atoms with E-state index in [1.54, 1.807) is 18.2 Å². The molecule has 0 aromatic heterocycles. The Balaban J connectivity index is 2.17. The molecule has 1 unspecified atom stereocenters. The molecule has 2 amide bonds. The Morgan fingerprint density at radius 1 is 1.53 bits per heavy atom. The standard InChI is InChI=1S/C12H12ClN3O2S/c1-16-10(17)5-9(12(16)18)15-6-2-3-7(11(14)19)8(13)4-6/h2-4,9,15H,5H2,1H3,(H2,14,19). The van der Waals surface area contributed by atoms with Gasteiger partial charge < -0.3 is 11.1 Å². The average molecular weight is 298 g/mol. The summed E-state index contributed by atoms with van der Waals surface area (Å²) in [6.07, 6.45) is 0.143. The molecule has 7 heteroatoms. The topological polar surface area (TPSA) is 75.4 Å². The van der Waals surface area contributed by atoms with Gasteiger partial charge in [-0.2, -0.15) is 0 Å². The van der Waals surface area contributed by atoms with Crippen molar-refractivity contribution in [2.24, 2.45) is 5.73 Å². The van der Waals surface area contributed by atoms with Crippen LogP contribution >= 0.6 is 23.8 Å². The maximum atomic E-state index is 11.7. The molecule has 0 bridgehead atoms. The zero-order valence-corrected chi connectivity index (χ0v) is 11.7. The molecule has 3 N–H and O–H groups in total. The molecule has 1 atom stereocenters. The van der Waals surface area contributed by atoms with Gasteiger partial charge in [-0.15, -0.1) is 0 Å². The lowest BCUT2D eigenvalue weighted by Crippen LogP contribution is -2.31. The highest BCUT2D eigenvalue weighted by Crippen LogP contribution is 2.23. The number of carbonyl (C=O) groups excluding carboxylic acids is 2. The lowest BCUT2D eigenvalue weighted by atomic mass is 10.1. The predicted molar refractivity (Wildman–Crippen MR) is 77.1 cm³/mol. The molecule has 1 aliphatic heterocycles. The van der Waals surface area contributed by atoms with Gasteiger partial charge in [0, 0.05) is 18.3 Å². The Kier molecular flexibility index (Phi) is 3.73. The first-order valence-corrected chi connectivity index (χ1v) is 6.35. The molecule has 0 saturated carbocycles. The summed E-state index contributed by atoms with van der Waals surface area (Å²) in [5.41, 5.74) is 6.73.